The van der Waals surface area contributed by atoms with Crippen molar-refractivity contribution >= 4 is 30.1 Å². The number of imidazole rings is 1. The maximum atomic E-state index is 13.2. The Morgan fingerprint density at radius 1 is 1.31 bits per heavy atom. The third kappa shape index (κ3) is 4.29. The fourth-order valence-electron chi connectivity index (χ4n) is 3.55. The van der Waals surface area contributed by atoms with Gasteiger partial charge >= 0.3 is 0 Å². The number of nitrogens with zero attached hydrogens (tertiary/aromatic N) is 5. The predicted octanol–water partition coefficient (Wildman–Crippen LogP) is 3.03. The zero-order valence-corrected chi connectivity index (χ0v) is 19.3. The van der Waals surface area contributed by atoms with E-state index in [2.05, 4.69) is 9.97 Å². The minimum Gasteiger partial charge on any atom is -0.480 e. The summed E-state index contributed by atoms with van der Waals surface area (Å²) in [7, 11) is 5.07. The molecule has 0 saturated heterocycles. The Morgan fingerprint density at radius 2 is 2.03 bits per heavy atom. The van der Waals surface area contributed by atoms with Crippen molar-refractivity contribution in [3.8, 4) is 17.3 Å². The van der Waals surface area contributed by atoms with E-state index in [9.17, 15) is 14.4 Å². The van der Waals surface area contributed by atoms with Gasteiger partial charge in [0.2, 0.25) is 5.88 Å². The number of carbonyl (C=O) groups is 3. The predicted molar refractivity (Wildman–Crippen MR) is 119 cm³/mol. The molecule has 0 saturated carbocycles. The van der Waals surface area contributed by atoms with Crippen molar-refractivity contribution in [3.05, 3.63) is 52.2 Å². The van der Waals surface area contributed by atoms with Gasteiger partial charge in [-0.05, 0) is 26.0 Å². The van der Waals surface area contributed by atoms with Crippen LogP contribution in [-0.2, 0) is 11.3 Å². The lowest BCUT2D eigenvalue weighted by Gasteiger charge is -2.20. The van der Waals surface area contributed by atoms with Crippen molar-refractivity contribution in [2.75, 3.05) is 21.2 Å². The molecular formula is C22H24ClN5O4. The van der Waals surface area contributed by atoms with Crippen LogP contribution in [0.25, 0.3) is 11.4 Å². The van der Waals surface area contributed by atoms with Crippen LogP contribution < -0.4 is 4.74 Å². The number of ether oxygens (including phenoxy) is 1. The van der Waals surface area contributed by atoms with Crippen LogP contribution in [0.4, 0.5) is 0 Å². The Kier molecular flexibility index (Phi) is 6.78. The topological polar surface area (TPSA) is 97.6 Å². The van der Waals surface area contributed by atoms with Gasteiger partial charge in [0, 0.05) is 38.1 Å². The van der Waals surface area contributed by atoms with E-state index in [1.807, 2.05) is 18.4 Å². The summed E-state index contributed by atoms with van der Waals surface area (Å²) in [4.78, 5) is 48.0. The molecule has 0 aromatic carbocycles. The fraction of sp³-hybridized carbons (Fsp3) is 0.318. The van der Waals surface area contributed by atoms with E-state index in [0.717, 1.165) is 0 Å². The molecule has 0 atom stereocenters. The summed E-state index contributed by atoms with van der Waals surface area (Å²) in [6.07, 6.45) is 5.76. The summed E-state index contributed by atoms with van der Waals surface area (Å²) in [5.74, 6) is 0.347. The Bertz CT molecular complexity index is 1130. The fourth-order valence-corrected chi connectivity index (χ4v) is 3.86. The molecule has 3 rings (SSSR count). The minimum absolute atomic E-state index is 0.0699. The molecule has 0 unspecified atom stereocenters. The molecular weight excluding hydrogens is 434 g/mol. The van der Waals surface area contributed by atoms with Crippen LogP contribution in [0.15, 0.2) is 35.3 Å². The largest absolute Gasteiger partial charge is 0.480 e. The Morgan fingerprint density at radius 3 is 2.59 bits per heavy atom. The molecule has 0 bridgehead atoms. The highest BCUT2D eigenvalue weighted by atomic mass is 35.5. The molecule has 3 heterocycles. The molecule has 0 aliphatic carbocycles. The van der Waals surface area contributed by atoms with Crippen LogP contribution in [0.5, 0.6) is 5.88 Å². The van der Waals surface area contributed by atoms with Gasteiger partial charge in [-0.15, -0.1) is 0 Å². The Labute approximate surface area is 190 Å². The summed E-state index contributed by atoms with van der Waals surface area (Å²) in [5, 5.41) is 0.309. The molecule has 1 aliphatic heterocycles. The molecule has 168 valence electrons. The van der Waals surface area contributed by atoms with Crippen molar-refractivity contribution in [2.24, 2.45) is 0 Å². The second kappa shape index (κ2) is 9.35. The number of methoxy groups -OCH3 is 1. The first-order valence-corrected chi connectivity index (χ1v) is 10.2. The highest BCUT2D eigenvalue weighted by Crippen LogP contribution is 2.36. The molecule has 1 aliphatic rings. The number of allylic oxidation sites excluding steroid dienone is 3. The Hall–Kier alpha value is -3.46. The number of aldehydes is 2. The maximum Gasteiger partial charge on any atom is 0.279 e. The molecule has 0 fully saturated rings. The molecule has 2 aromatic rings. The highest BCUT2D eigenvalue weighted by molar-refractivity contribution is 6.31. The summed E-state index contributed by atoms with van der Waals surface area (Å²) in [5.41, 5.74) is 1.88. The number of pyridine rings is 1. The van der Waals surface area contributed by atoms with Crippen LogP contribution in [0.3, 0.4) is 0 Å². The van der Waals surface area contributed by atoms with Crippen LogP contribution in [0, 0.1) is 0 Å². The standard InChI is InChI=1S/C22H24ClN5O4/c1-13(2)28-18-10-27(16(12-30)7-15(23)9-26(3)4)22(31)19(18)25-20(28)17-6-14(11-29)8-24-21(17)32-5/h6-9,11-13H,10H2,1-5H3/b15-9+,16-7+. The molecule has 9 nitrogen and oxygen atoms in total. The van der Waals surface area contributed by atoms with Crippen LogP contribution in [-0.4, -0.2) is 64.0 Å². The van der Waals surface area contributed by atoms with E-state index < -0.39 is 5.91 Å². The van der Waals surface area contributed by atoms with E-state index in [4.69, 9.17) is 16.3 Å². The van der Waals surface area contributed by atoms with Crippen LogP contribution >= 0.6 is 11.6 Å². The molecule has 0 radical (unpaired) electrons. The third-order valence-electron chi connectivity index (χ3n) is 4.82. The third-order valence-corrected chi connectivity index (χ3v) is 5.03. The molecule has 2 aromatic heterocycles. The van der Waals surface area contributed by atoms with E-state index in [0.29, 0.717) is 46.1 Å². The average molecular weight is 458 g/mol. The summed E-state index contributed by atoms with van der Waals surface area (Å²) in [6.45, 7) is 4.06. The Balaban J connectivity index is 2.10. The smallest absolute Gasteiger partial charge is 0.279 e. The SMILES string of the molecule is COc1ncc(C=O)cc1-c1nc2c(n1C(C)C)CN(/C(C=O)=C/C(Cl)=C\N(C)C)C2=O. The zero-order valence-electron chi connectivity index (χ0n) is 18.5. The molecule has 1 amide bonds. The van der Waals surface area contributed by atoms with Gasteiger partial charge in [0.05, 0.1) is 35.6 Å². The number of hydrogen-bond donors (Lipinski definition) is 0. The highest BCUT2D eigenvalue weighted by Gasteiger charge is 2.37. The number of hydrogen-bond acceptors (Lipinski definition) is 7. The van der Waals surface area contributed by atoms with Crippen molar-refractivity contribution in [1.29, 1.82) is 0 Å². The number of aromatic nitrogens is 3. The summed E-state index contributed by atoms with van der Waals surface area (Å²) < 4.78 is 7.25. The molecule has 32 heavy (non-hydrogen) atoms. The number of halogens is 1. The van der Waals surface area contributed by atoms with Gasteiger partial charge in [-0.3, -0.25) is 19.3 Å². The van der Waals surface area contributed by atoms with Crippen LogP contribution in [0.1, 0.15) is 46.4 Å². The lowest BCUT2D eigenvalue weighted by Crippen LogP contribution is -2.25. The quantitative estimate of drug-likeness (QED) is 0.341. The van der Waals surface area contributed by atoms with Gasteiger partial charge in [-0.25, -0.2) is 9.97 Å². The van der Waals surface area contributed by atoms with Crippen molar-refractivity contribution in [1.82, 2.24) is 24.3 Å². The minimum atomic E-state index is -0.410. The lowest BCUT2D eigenvalue weighted by molar-refractivity contribution is -0.106. The van der Waals surface area contributed by atoms with Crippen molar-refractivity contribution in [2.45, 2.75) is 26.4 Å². The number of amides is 1. The zero-order chi connectivity index (χ0) is 23.6. The van der Waals surface area contributed by atoms with Gasteiger partial charge in [0.25, 0.3) is 5.91 Å². The van der Waals surface area contributed by atoms with Crippen LogP contribution in [0.2, 0.25) is 0 Å². The normalized spacial score (nSPS) is 14.1. The summed E-state index contributed by atoms with van der Waals surface area (Å²) in [6, 6.07) is 1.56. The molecule has 0 N–H and O–H groups in total. The molecule has 10 heteroatoms. The van der Waals surface area contributed by atoms with Crippen molar-refractivity contribution in [3.63, 3.8) is 0 Å². The van der Waals surface area contributed by atoms with Gasteiger partial charge in [-0.1, -0.05) is 11.6 Å². The maximum absolute atomic E-state index is 13.2. The van der Waals surface area contributed by atoms with E-state index in [1.165, 1.54) is 24.3 Å². The van der Waals surface area contributed by atoms with E-state index >= 15 is 0 Å². The second-order valence-electron chi connectivity index (χ2n) is 7.69. The van der Waals surface area contributed by atoms with Gasteiger partial charge < -0.3 is 14.2 Å². The van der Waals surface area contributed by atoms with E-state index in [-0.39, 0.29) is 24.0 Å². The number of carbonyl (C=O) groups excluding carboxylic acids is 3. The van der Waals surface area contributed by atoms with Gasteiger partial charge in [-0.2, -0.15) is 0 Å². The first-order valence-electron chi connectivity index (χ1n) is 9.85. The monoisotopic (exact) mass is 457 g/mol. The van der Waals surface area contributed by atoms with Crippen molar-refractivity contribution < 1.29 is 19.1 Å². The molecule has 0 spiro atoms. The van der Waals surface area contributed by atoms with Gasteiger partial charge in [0.1, 0.15) is 5.82 Å². The number of rotatable bonds is 8. The first kappa shape index (κ1) is 23.2. The number of fused-ring (bicyclic) bond motifs is 1. The average Bonchev–Trinajstić information content (AvgIpc) is 3.27. The summed E-state index contributed by atoms with van der Waals surface area (Å²) >= 11 is 6.19. The van der Waals surface area contributed by atoms with E-state index in [1.54, 1.807) is 31.3 Å². The lowest BCUT2D eigenvalue weighted by atomic mass is 10.2. The first-order chi connectivity index (χ1) is 15.2. The second-order valence-corrected chi connectivity index (χ2v) is 8.13. The van der Waals surface area contributed by atoms with Gasteiger partial charge in [0.15, 0.2) is 18.3 Å².